The molecular formula is C50H35N. The molecule has 0 bridgehead atoms. The summed E-state index contributed by atoms with van der Waals surface area (Å²) in [5.41, 5.74) is 14.5. The Bertz CT molecular complexity index is 2750. The minimum atomic E-state index is -0.0359. The van der Waals surface area contributed by atoms with Crippen molar-refractivity contribution in [1.82, 2.24) is 4.98 Å². The number of pyridine rings is 1. The van der Waals surface area contributed by atoms with Crippen LogP contribution < -0.4 is 0 Å². The van der Waals surface area contributed by atoms with E-state index in [1.165, 1.54) is 71.3 Å². The minimum Gasteiger partial charge on any atom is -0.248 e. The molecule has 1 heterocycles. The van der Waals surface area contributed by atoms with Crippen LogP contribution in [0.5, 0.6) is 0 Å². The highest BCUT2D eigenvalue weighted by Gasteiger charge is 2.35. The first kappa shape index (κ1) is 29.6. The van der Waals surface area contributed by atoms with Crippen molar-refractivity contribution in [3.05, 3.63) is 187 Å². The average molecular weight is 650 g/mol. The van der Waals surface area contributed by atoms with Crippen molar-refractivity contribution in [3.8, 4) is 55.9 Å². The van der Waals surface area contributed by atoms with Crippen LogP contribution in [0.1, 0.15) is 25.0 Å². The van der Waals surface area contributed by atoms with Crippen molar-refractivity contribution in [3.63, 3.8) is 0 Å². The molecule has 0 atom stereocenters. The molecule has 1 aliphatic rings. The second kappa shape index (κ2) is 11.4. The minimum absolute atomic E-state index is 0.0359. The predicted octanol–water partition coefficient (Wildman–Crippen LogP) is 13.5. The monoisotopic (exact) mass is 649 g/mol. The Kier molecular flexibility index (Phi) is 6.60. The molecule has 1 heteroatoms. The highest BCUT2D eigenvalue weighted by atomic mass is 14.7. The molecule has 0 fully saturated rings. The lowest BCUT2D eigenvalue weighted by molar-refractivity contribution is 0.660. The van der Waals surface area contributed by atoms with E-state index in [1.807, 2.05) is 0 Å². The van der Waals surface area contributed by atoms with Crippen LogP contribution in [0.4, 0.5) is 0 Å². The van der Waals surface area contributed by atoms with Gasteiger partial charge in [0.15, 0.2) is 0 Å². The molecule has 0 N–H and O–H groups in total. The highest BCUT2D eigenvalue weighted by Crippen LogP contribution is 2.50. The van der Waals surface area contributed by atoms with E-state index < -0.39 is 0 Å². The molecule has 240 valence electrons. The number of benzene rings is 8. The Morgan fingerprint density at radius 1 is 0.314 bits per heavy atom. The third-order valence-corrected chi connectivity index (χ3v) is 11.1. The zero-order valence-corrected chi connectivity index (χ0v) is 28.7. The molecule has 0 saturated carbocycles. The van der Waals surface area contributed by atoms with E-state index in [9.17, 15) is 0 Å². The Hall–Kier alpha value is -6.31. The lowest BCUT2D eigenvalue weighted by Crippen LogP contribution is -2.14. The molecule has 1 aromatic heterocycles. The summed E-state index contributed by atoms with van der Waals surface area (Å²) in [7, 11) is 0. The SMILES string of the molecule is CC1(C)c2ccccc2-c2ccc(-c3ccc4c5cc(-c6cc(-c7ccccc7)nc(-c7ccccc7)c6)ccc5c5ccccc5c4c3)cc21. The maximum atomic E-state index is 5.13. The van der Waals surface area contributed by atoms with Crippen LogP contribution in [0.25, 0.3) is 88.2 Å². The smallest absolute Gasteiger partial charge is 0.0715 e. The van der Waals surface area contributed by atoms with E-state index >= 15 is 0 Å². The van der Waals surface area contributed by atoms with Crippen molar-refractivity contribution in [2.75, 3.05) is 0 Å². The molecule has 0 amide bonds. The first-order valence-electron chi connectivity index (χ1n) is 17.8. The fraction of sp³-hybridized carbons (Fsp3) is 0.0600. The van der Waals surface area contributed by atoms with Crippen LogP contribution in [0, 0.1) is 0 Å². The number of rotatable bonds is 4. The summed E-state index contributed by atoms with van der Waals surface area (Å²) in [5, 5.41) is 7.64. The molecule has 10 rings (SSSR count). The van der Waals surface area contributed by atoms with Crippen LogP contribution in [0.15, 0.2) is 176 Å². The van der Waals surface area contributed by atoms with Gasteiger partial charge in [-0.15, -0.1) is 0 Å². The maximum absolute atomic E-state index is 5.13. The Balaban J connectivity index is 1.16. The van der Waals surface area contributed by atoms with Crippen molar-refractivity contribution < 1.29 is 0 Å². The van der Waals surface area contributed by atoms with Crippen LogP contribution in [-0.4, -0.2) is 4.98 Å². The molecule has 0 aliphatic heterocycles. The number of fused-ring (bicyclic) bond motifs is 9. The summed E-state index contributed by atoms with van der Waals surface area (Å²) in [6.07, 6.45) is 0. The number of aromatic nitrogens is 1. The summed E-state index contributed by atoms with van der Waals surface area (Å²) in [6, 6.07) is 64.3. The van der Waals surface area contributed by atoms with Gasteiger partial charge in [0.1, 0.15) is 0 Å². The standard InChI is InChI=1S/C50H35N/c1-50(2)46-20-12-11-19-42(46)43-26-23-36(29-47(43)50)34-21-25-41-44(27-34)39-18-10-9-17-38(39)40-24-22-35(28-45(40)41)37-30-48(32-13-5-3-6-14-32)51-49(31-37)33-15-7-4-8-16-33/h3-31H,1-2H3. The lowest BCUT2D eigenvalue weighted by atomic mass is 9.81. The van der Waals surface area contributed by atoms with Crippen molar-refractivity contribution in [2.45, 2.75) is 19.3 Å². The van der Waals surface area contributed by atoms with Crippen LogP contribution >= 0.6 is 0 Å². The van der Waals surface area contributed by atoms with Crippen molar-refractivity contribution >= 4 is 32.3 Å². The third kappa shape index (κ3) is 4.73. The van der Waals surface area contributed by atoms with Gasteiger partial charge < -0.3 is 0 Å². The van der Waals surface area contributed by atoms with E-state index in [2.05, 4.69) is 190 Å². The molecule has 9 aromatic rings. The molecule has 0 unspecified atom stereocenters. The molecule has 0 spiro atoms. The first-order chi connectivity index (χ1) is 25.0. The van der Waals surface area contributed by atoms with E-state index in [1.54, 1.807) is 0 Å². The molecule has 1 aliphatic carbocycles. The predicted molar refractivity (Wildman–Crippen MR) is 216 cm³/mol. The second-order valence-corrected chi connectivity index (χ2v) is 14.4. The first-order valence-corrected chi connectivity index (χ1v) is 17.8. The number of hydrogen-bond donors (Lipinski definition) is 0. The van der Waals surface area contributed by atoms with E-state index in [4.69, 9.17) is 4.98 Å². The maximum Gasteiger partial charge on any atom is 0.0715 e. The van der Waals surface area contributed by atoms with Crippen molar-refractivity contribution in [2.24, 2.45) is 0 Å². The van der Waals surface area contributed by atoms with E-state index in [-0.39, 0.29) is 5.41 Å². The van der Waals surface area contributed by atoms with Gasteiger partial charge >= 0.3 is 0 Å². The van der Waals surface area contributed by atoms with Gasteiger partial charge in [0.05, 0.1) is 11.4 Å². The Morgan fingerprint density at radius 3 is 1.41 bits per heavy atom. The zero-order valence-electron chi connectivity index (χ0n) is 28.7. The van der Waals surface area contributed by atoms with Crippen LogP contribution in [-0.2, 0) is 5.41 Å². The fourth-order valence-electron chi connectivity index (χ4n) is 8.41. The summed E-state index contributed by atoms with van der Waals surface area (Å²) < 4.78 is 0. The van der Waals surface area contributed by atoms with Crippen LogP contribution in [0.2, 0.25) is 0 Å². The number of hydrogen-bond acceptors (Lipinski definition) is 1. The normalized spacial score (nSPS) is 13.1. The summed E-state index contributed by atoms with van der Waals surface area (Å²) in [6.45, 7) is 4.71. The topological polar surface area (TPSA) is 12.9 Å². The van der Waals surface area contributed by atoms with Gasteiger partial charge in [-0.25, -0.2) is 4.98 Å². The molecule has 0 radical (unpaired) electrons. The summed E-state index contributed by atoms with van der Waals surface area (Å²) in [4.78, 5) is 5.13. The van der Waals surface area contributed by atoms with E-state index in [0.29, 0.717) is 0 Å². The van der Waals surface area contributed by atoms with Crippen molar-refractivity contribution in [1.29, 1.82) is 0 Å². The number of nitrogens with zero attached hydrogens (tertiary/aromatic N) is 1. The highest BCUT2D eigenvalue weighted by molar-refractivity contribution is 6.26. The quantitative estimate of drug-likeness (QED) is 0.173. The van der Waals surface area contributed by atoms with E-state index in [0.717, 1.165) is 28.1 Å². The average Bonchev–Trinajstić information content (AvgIpc) is 3.43. The van der Waals surface area contributed by atoms with Crippen LogP contribution in [0.3, 0.4) is 0 Å². The second-order valence-electron chi connectivity index (χ2n) is 14.4. The molecule has 51 heavy (non-hydrogen) atoms. The molecule has 8 aromatic carbocycles. The van der Waals surface area contributed by atoms with Gasteiger partial charge in [-0.3, -0.25) is 0 Å². The molecule has 0 saturated heterocycles. The Labute approximate surface area is 298 Å². The summed E-state index contributed by atoms with van der Waals surface area (Å²) >= 11 is 0. The van der Waals surface area contributed by atoms with Gasteiger partial charge in [-0.05, 0) is 107 Å². The van der Waals surface area contributed by atoms with Gasteiger partial charge in [-0.2, -0.15) is 0 Å². The van der Waals surface area contributed by atoms with Gasteiger partial charge in [0.25, 0.3) is 0 Å². The Morgan fingerprint density at radius 2 is 0.765 bits per heavy atom. The molecular weight excluding hydrogens is 615 g/mol. The fourth-order valence-corrected chi connectivity index (χ4v) is 8.41. The molecule has 1 nitrogen and oxygen atoms in total. The van der Waals surface area contributed by atoms with Gasteiger partial charge in [0, 0.05) is 16.5 Å². The van der Waals surface area contributed by atoms with Gasteiger partial charge in [-0.1, -0.05) is 159 Å². The lowest BCUT2D eigenvalue weighted by Gasteiger charge is -2.22. The third-order valence-electron chi connectivity index (χ3n) is 11.1. The summed E-state index contributed by atoms with van der Waals surface area (Å²) in [5.74, 6) is 0. The zero-order chi connectivity index (χ0) is 34.1. The largest absolute Gasteiger partial charge is 0.248 e. The van der Waals surface area contributed by atoms with Gasteiger partial charge in [0.2, 0.25) is 0 Å².